The number of hydrogen-bond acceptors (Lipinski definition) is 2. The Kier molecular flexibility index (Phi) is 1.89. The van der Waals surface area contributed by atoms with Gasteiger partial charge in [0.05, 0.1) is 0 Å². The molecular weight excluding hydrogens is 180 g/mol. The first-order chi connectivity index (χ1) is 6.74. The van der Waals surface area contributed by atoms with E-state index < -0.39 is 5.97 Å². The first-order valence-corrected chi connectivity index (χ1v) is 4.26. The number of aromatic nitrogens is 1. The van der Waals surface area contributed by atoms with Crippen LogP contribution in [0, 0.1) is 0 Å². The van der Waals surface area contributed by atoms with Gasteiger partial charge in [-0.25, -0.2) is 4.79 Å². The summed E-state index contributed by atoms with van der Waals surface area (Å²) in [6.45, 7) is 0. The monoisotopic (exact) mass is 190 g/mol. The summed E-state index contributed by atoms with van der Waals surface area (Å²) < 4.78 is 0. The molecule has 1 aromatic heterocycles. The van der Waals surface area contributed by atoms with E-state index in [9.17, 15) is 4.79 Å². The van der Waals surface area contributed by atoms with Crippen LogP contribution in [0.3, 0.4) is 0 Å². The maximum absolute atomic E-state index is 11.0. The lowest BCUT2D eigenvalue weighted by Gasteiger charge is -1.96. The van der Waals surface area contributed by atoms with Gasteiger partial charge in [0.25, 0.3) is 0 Å². The first-order valence-electron chi connectivity index (χ1n) is 4.26. The molecule has 0 amide bonds. The maximum Gasteiger partial charge on any atom is 0.340 e. The van der Waals surface area contributed by atoms with Gasteiger partial charge in [-0.15, -0.1) is 0 Å². The van der Waals surface area contributed by atoms with Gasteiger partial charge in [-0.3, -0.25) is 0 Å². The Morgan fingerprint density at radius 2 is 2.14 bits per heavy atom. The molecule has 1 aromatic carbocycles. The molecule has 14 heavy (non-hydrogen) atoms. The van der Waals surface area contributed by atoms with Gasteiger partial charge in [0, 0.05) is 18.0 Å². The van der Waals surface area contributed by atoms with Gasteiger partial charge >= 0.3 is 5.97 Å². The fourth-order valence-electron chi connectivity index (χ4n) is 1.55. The number of H-pyrrole nitrogens is 1. The average Bonchev–Trinajstić information content (AvgIpc) is 2.55. The quantitative estimate of drug-likeness (QED) is 0.677. The fraction of sp³-hybridized carbons (Fsp3) is 0.100. The molecule has 0 aliphatic carbocycles. The molecule has 4 nitrogen and oxygen atoms in total. The molecule has 0 fully saturated rings. The second-order valence-electron chi connectivity index (χ2n) is 2.98. The van der Waals surface area contributed by atoms with Crippen LogP contribution in [0.4, 0.5) is 5.82 Å². The molecular formula is C10H10N2O2. The van der Waals surface area contributed by atoms with Crippen molar-refractivity contribution in [2.75, 3.05) is 12.4 Å². The standard InChI is InChI=1S/C10H10N2O2/c1-11-9-8(10(13)14)6-4-2-3-5-7(6)12-9/h2-5,11-12H,1H3,(H,13,14). The minimum Gasteiger partial charge on any atom is -0.478 e. The van der Waals surface area contributed by atoms with Gasteiger partial charge in [-0.1, -0.05) is 18.2 Å². The number of rotatable bonds is 2. The van der Waals surface area contributed by atoms with Gasteiger partial charge in [-0.05, 0) is 6.07 Å². The van der Waals surface area contributed by atoms with E-state index >= 15 is 0 Å². The number of aromatic carboxylic acids is 1. The van der Waals surface area contributed by atoms with E-state index in [-0.39, 0.29) is 0 Å². The molecule has 0 saturated carbocycles. The predicted molar refractivity (Wildman–Crippen MR) is 54.8 cm³/mol. The Morgan fingerprint density at radius 1 is 1.43 bits per heavy atom. The largest absolute Gasteiger partial charge is 0.478 e. The highest BCUT2D eigenvalue weighted by atomic mass is 16.4. The van der Waals surface area contributed by atoms with E-state index in [1.54, 1.807) is 13.1 Å². The van der Waals surface area contributed by atoms with Crippen molar-refractivity contribution >= 4 is 22.7 Å². The molecule has 0 radical (unpaired) electrons. The van der Waals surface area contributed by atoms with Crippen molar-refractivity contribution in [3.05, 3.63) is 29.8 Å². The second-order valence-corrected chi connectivity index (χ2v) is 2.98. The Labute approximate surface area is 80.6 Å². The summed E-state index contributed by atoms with van der Waals surface area (Å²) in [6, 6.07) is 7.32. The zero-order valence-electron chi connectivity index (χ0n) is 7.66. The number of carbonyl (C=O) groups is 1. The topological polar surface area (TPSA) is 65.1 Å². The molecule has 0 atom stereocenters. The van der Waals surface area contributed by atoms with E-state index in [2.05, 4.69) is 10.3 Å². The molecule has 72 valence electrons. The van der Waals surface area contributed by atoms with Crippen LogP contribution in [-0.2, 0) is 0 Å². The van der Waals surface area contributed by atoms with Crippen molar-refractivity contribution in [1.29, 1.82) is 0 Å². The van der Waals surface area contributed by atoms with Crippen molar-refractivity contribution in [3.8, 4) is 0 Å². The van der Waals surface area contributed by atoms with E-state index in [0.717, 1.165) is 10.9 Å². The number of nitrogens with one attached hydrogen (secondary N) is 2. The van der Waals surface area contributed by atoms with Crippen molar-refractivity contribution in [1.82, 2.24) is 4.98 Å². The highest BCUT2D eigenvalue weighted by Gasteiger charge is 2.15. The molecule has 2 aromatic rings. The van der Waals surface area contributed by atoms with Crippen LogP contribution in [0.25, 0.3) is 10.9 Å². The van der Waals surface area contributed by atoms with E-state index in [1.807, 2.05) is 18.2 Å². The fourth-order valence-corrected chi connectivity index (χ4v) is 1.55. The number of aromatic amines is 1. The highest BCUT2D eigenvalue weighted by Crippen LogP contribution is 2.25. The third kappa shape index (κ3) is 1.12. The Hall–Kier alpha value is -1.97. The lowest BCUT2D eigenvalue weighted by Crippen LogP contribution is -2.00. The molecule has 2 rings (SSSR count). The van der Waals surface area contributed by atoms with Gasteiger partial charge in [-0.2, -0.15) is 0 Å². The molecule has 0 saturated heterocycles. The zero-order chi connectivity index (χ0) is 10.1. The molecule has 1 heterocycles. The number of hydrogen-bond donors (Lipinski definition) is 3. The third-order valence-corrected chi connectivity index (χ3v) is 2.17. The van der Waals surface area contributed by atoms with Crippen LogP contribution >= 0.6 is 0 Å². The smallest absolute Gasteiger partial charge is 0.340 e. The molecule has 0 unspecified atom stereocenters. The van der Waals surface area contributed by atoms with Gasteiger partial charge in [0.1, 0.15) is 11.4 Å². The predicted octanol–water partition coefficient (Wildman–Crippen LogP) is 1.91. The summed E-state index contributed by atoms with van der Waals surface area (Å²) in [5, 5.41) is 12.6. The molecule has 0 aliphatic heterocycles. The van der Waals surface area contributed by atoms with E-state index in [0.29, 0.717) is 11.4 Å². The van der Waals surface area contributed by atoms with Crippen LogP contribution in [0.5, 0.6) is 0 Å². The summed E-state index contributed by atoms with van der Waals surface area (Å²) in [7, 11) is 1.69. The second kappa shape index (κ2) is 3.06. The maximum atomic E-state index is 11.0. The molecule has 0 bridgehead atoms. The average molecular weight is 190 g/mol. The summed E-state index contributed by atoms with van der Waals surface area (Å²) >= 11 is 0. The Balaban J connectivity index is 2.81. The normalized spacial score (nSPS) is 10.4. The lowest BCUT2D eigenvalue weighted by molar-refractivity contribution is 0.0700. The summed E-state index contributed by atoms with van der Waals surface area (Å²) in [5.41, 5.74) is 1.12. The number of benzene rings is 1. The third-order valence-electron chi connectivity index (χ3n) is 2.17. The van der Waals surface area contributed by atoms with Gasteiger partial charge in [0.15, 0.2) is 0 Å². The Bertz CT molecular complexity index is 488. The highest BCUT2D eigenvalue weighted by molar-refractivity contribution is 6.08. The number of anilines is 1. The minimum atomic E-state index is -0.924. The van der Waals surface area contributed by atoms with Gasteiger partial charge < -0.3 is 15.4 Å². The van der Waals surface area contributed by atoms with Crippen molar-refractivity contribution in [2.45, 2.75) is 0 Å². The number of carboxylic acids is 1. The van der Waals surface area contributed by atoms with Crippen LogP contribution in [0.2, 0.25) is 0 Å². The number of fused-ring (bicyclic) bond motifs is 1. The van der Waals surface area contributed by atoms with Crippen molar-refractivity contribution in [3.63, 3.8) is 0 Å². The summed E-state index contributed by atoms with van der Waals surface area (Å²) in [6.07, 6.45) is 0. The van der Waals surface area contributed by atoms with Crippen LogP contribution in [-0.4, -0.2) is 23.1 Å². The number of para-hydroxylation sites is 1. The van der Waals surface area contributed by atoms with Crippen LogP contribution in [0.1, 0.15) is 10.4 Å². The van der Waals surface area contributed by atoms with Crippen molar-refractivity contribution in [2.24, 2.45) is 0 Å². The van der Waals surface area contributed by atoms with Crippen LogP contribution in [0.15, 0.2) is 24.3 Å². The van der Waals surface area contributed by atoms with Crippen LogP contribution < -0.4 is 5.32 Å². The molecule has 4 heteroatoms. The summed E-state index contributed by atoms with van der Waals surface area (Å²) in [4.78, 5) is 14.0. The Morgan fingerprint density at radius 3 is 2.79 bits per heavy atom. The summed E-state index contributed by atoms with van der Waals surface area (Å²) in [5.74, 6) is -0.384. The van der Waals surface area contributed by atoms with E-state index in [4.69, 9.17) is 5.11 Å². The SMILES string of the molecule is CNc1[nH]c2ccccc2c1C(=O)O. The van der Waals surface area contributed by atoms with E-state index in [1.165, 1.54) is 0 Å². The zero-order valence-corrected chi connectivity index (χ0v) is 7.66. The molecule has 0 spiro atoms. The van der Waals surface area contributed by atoms with Crippen molar-refractivity contribution < 1.29 is 9.90 Å². The number of carboxylic acid groups (broad SMARTS) is 1. The lowest BCUT2D eigenvalue weighted by atomic mass is 10.1. The molecule has 3 N–H and O–H groups in total. The first kappa shape index (κ1) is 8.62. The van der Waals surface area contributed by atoms with Gasteiger partial charge in [0.2, 0.25) is 0 Å². The molecule has 0 aliphatic rings. The minimum absolute atomic E-state index is 0.295.